The molecule has 0 saturated carbocycles. The molecule has 8 heteroatoms. The monoisotopic (exact) mass is 244 g/mol. The van der Waals surface area contributed by atoms with Crippen molar-refractivity contribution in [2.75, 3.05) is 19.6 Å². The van der Waals surface area contributed by atoms with E-state index in [0.29, 0.717) is 18.7 Å². The van der Waals surface area contributed by atoms with E-state index in [2.05, 4.69) is 15.3 Å². The van der Waals surface area contributed by atoms with E-state index >= 15 is 0 Å². The number of aromatic nitrogens is 2. The number of rotatable bonds is 4. The van der Waals surface area contributed by atoms with Gasteiger partial charge >= 0.3 is 11.7 Å². The third-order valence-electron chi connectivity index (χ3n) is 1.60. The van der Waals surface area contributed by atoms with Gasteiger partial charge in [-0.1, -0.05) is 0 Å². The van der Waals surface area contributed by atoms with E-state index in [1.54, 1.807) is 6.92 Å². The highest BCUT2D eigenvalue weighted by Crippen LogP contribution is 1.73. The average Bonchev–Trinajstić information content (AvgIpc) is 2.25. The number of H-pyrrole nitrogens is 2. The fraction of sp³-hybridized carbons (Fsp3) is 0.444. The van der Waals surface area contributed by atoms with Gasteiger partial charge in [0, 0.05) is 24.8 Å². The number of aliphatic carboxylic acids is 1. The first-order valence-electron chi connectivity index (χ1n) is 4.88. The molecular weight excluding hydrogens is 228 g/mol. The number of carbonyl (C=O) groups is 1. The van der Waals surface area contributed by atoms with Crippen LogP contribution in [0.4, 0.5) is 0 Å². The summed E-state index contributed by atoms with van der Waals surface area (Å²) in [4.78, 5) is 35.1. The standard InChI is InChI=1S/C5H6N2O2.C4H10N2O2/c1-3-2-6-5(9)7-4(3)8;5-1-2-6-3-4(7)8/h2H,1H3,(H2,6,7,8,9);6H,1-3,5H2,(H,7,8). The summed E-state index contributed by atoms with van der Waals surface area (Å²) in [5, 5.41) is 10.6. The average molecular weight is 244 g/mol. The second kappa shape index (κ2) is 8.25. The molecule has 6 N–H and O–H groups in total. The van der Waals surface area contributed by atoms with Crippen molar-refractivity contribution >= 4 is 5.97 Å². The van der Waals surface area contributed by atoms with E-state index in [0.717, 1.165) is 0 Å². The van der Waals surface area contributed by atoms with Gasteiger partial charge in [-0.25, -0.2) is 4.79 Å². The lowest BCUT2D eigenvalue weighted by molar-refractivity contribution is -0.135. The zero-order chi connectivity index (χ0) is 13.3. The molecule has 0 fully saturated rings. The molecule has 0 radical (unpaired) electrons. The highest BCUT2D eigenvalue weighted by Gasteiger charge is 1.91. The maximum atomic E-state index is 10.6. The van der Waals surface area contributed by atoms with Gasteiger partial charge in [0.15, 0.2) is 0 Å². The van der Waals surface area contributed by atoms with Crippen LogP contribution in [-0.4, -0.2) is 40.7 Å². The molecule has 1 aromatic heterocycles. The Kier molecular flexibility index (Phi) is 7.31. The second-order valence-corrected chi connectivity index (χ2v) is 3.11. The Balaban J connectivity index is 0.000000304. The summed E-state index contributed by atoms with van der Waals surface area (Å²) in [5.74, 6) is -0.849. The Morgan fingerprint density at radius 3 is 2.59 bits per heavy atom. The highest BCUT2D eigenvalue weighted by molar-refractivity contribution is 5.68. The van der Waals surface area contributed by atoms with Gasteiger partial charge in [0.2, 0.25) is 0 Å². The Hall–Kier alpha value is -1.93. The largest absolute Gasteiger partial charge is 0.480 e. The predicted molar refractivity (Wildman–Crippen MR) is 62.0 cm³/mol. The molecule has 1 rings (SSSR count). The zero-order valence-corrected chi connectivity index (χ0v) is 9.45. The Morgan fingerprint density at radius 1 is 1.53 bits per heavy atom. The van der Waals surface area contributed by atoms with Gasteiger partial charge in [0.25, 0.3) is 5.56 Å². The molecule has 0 aromatic carbocycles. The lowest BCUT2D eigenvalue weighted by Crippen LogP contribution is -2.27. The molecule has 0 unspecified atom stereocenters. The van der Waals surface area contributed by atoms with Crippen LogP contribution in [0.5, 0.6) is 0 Å². The molecule has 0 spiro atoms. The lowest BCUT2D eigenvalue weighted by Gasteiger charge is -1.94. The number of nitrogens with one attached hydrogen (secondary N) is 3. The lowest BCUT2D eigenvalue weighted by atomic mass is 10.4. The van der Waals surface area contributed by atoms with Gasteiger partial charge in [-0.3, -0.25) is 14.6 Å². The maximum Gasteiger partial charge on any atom is 0.325 e. The Bertz CT molecular complexity index is 451. The van der Waals surface area contributed by atoms with Gasteiger partial charge < -0.3 is 21.1 Å². The minimum Gasteiger partial charge on any atom is -0.480 e. The molecule has 0 aliphatic rings. The SMILES string of the molecule is Cc1c[nH]c(=O)[nH]c1=O.NCCNCC(=O)O. The minimum absolute atomic E-state index is 0.00278. The predicted octanol–water partition coefficient (Wildman–Crippen LogP) is -2.01. The molecule has 0 aliphatic carbocycles. The maximum absolute atomic E-state index is 10.6. The highest BCUT2D eigenvalue weighted by atomic mass is 16.4. The van der Waals surface area contributed by atoms with Crippen LogP contribution >= 0.6 is 0 Å². The number of carboxylic acids is 1. The molecule has 1 aromatic rings. The number of carboxylic acid groups (broad SMARTS) is 1. The minimum atomic E-state index is -0.849. The Morgan fingerprint density at radius 2 is 2.18 bits per heavy atom. The van der Waals surface area contributed by atoms with Crippen LogP contribution in [0.1, 0.15) is 5.56 Å². The van der Waals surface area contributed by atoms with Crippen molar-refractivity contribution in [2.24, 2.45) is 5.73 Å². The first-order valence-corrected chi connectivity index (χ1v) is 4.88. The molecule has 0 aliphatic heterocycles. The Labute approximate surface area is 96.9 Å². The molecule has 96 valence electrons. The number of hydrogen-bond donors (Lipinski definition) is 5. The topological polar surface area (TPSA) is 141 Å². The van der Waals surface area contributed by atoms with Crippen LogP contribution in [0.25, 0.3) is 0 Å². The van der Waals surface area contributed by atoms with Crippen molar-refractivity contribution in [1.29, 1.82) is 0 Å². The number of nitrogens with two attached hydrogens (primary N) is 1. The van der Waals surface area contributed by atoms with Crippen molar-refractivity contribution in [3.63, 3.8) is 0 Å². The number of aromatic amines is 2. The van der Waals surface area contributed by atoms with Crippen LogP contribution < -0.4 is 22.3 Å². The quantitative estimate of drug-likeness (QED) is 0.387. The number of hydrogen-bond acceptors (Lipinski definition) is 5. The first-order chi connectivity index (χ1) is 7.97. The summed E-state index contributed by atoms with van der Waals surface area (Å²) in [7, 11) is 0. The molecule has 0 amide bonds. The molecule has 0 bridgehead atoms. The van der Waals surface area contributed by atoms with Crippen LogP contribution in [0.2, 0.25) is 0 Å². The molecule has 0 saturated heterocycles. The summed E-state index contributed by atoms with van der Waals surface area (Å²) in [5.41, 5.74) is 4.77. The van der Waals surface area contributed by atoms with Gasteiger partial charge in [0.05, 0.1) is 6.54 Å². The summed E-state index contributed by atoms with van der Waals surface area (Å²) < 4.78 is 0. The summed E-state index contributed by atoms with van der Waals surface area (Å²) in [6.07, 6.45) is 1.38. The second-order valence-electron chi connectivity index (χ2n) is 3.11. The van der Waals surface area contributed by atoms with Gasteiger partial charge in [-0.15, -0.1) is 0 Å². The molecule has 8 nitrogen and oxygen atoms in total. The fourth-order valence-electron chi connectivity index (χ4n) is 0.775. The summed E-state index contributed by atoms with van der Waals surface area (Å²) in [6, 6.07) is 0. The van der Waals surface area contributed by atoms with Crippen molar-refractivity contribution in [3.8, 4) is 0 Å². The molecule has 0 atom stereocenters. The smallest absolute Gasteiger partial charge is 0.325 e. The third-order valence-corrected chi connectivity index (χ3v) is 1.60. The molecular formula is C9H16N4O4. The summed E-state index contributed by atoms with van der Waals surface area (Å²) >= 11 is 0. The fourth-order valence-corrected chi connectivity index (χ4v) is 0.775. The van der Waals surface area contributed by atoms with Gasteiger partial charge in [-0.05, 0) is 6.92 Å². The van der Waals surface area contributed by atoms with E-state index in [9.17, 15) is 14.4 Å². The van der Waals surface area contributed by atoms with Crippen molar-refractivity contribution in [1.82, 2.24) is 15.3 Å². The van der Waals surface area contributed by atoms with E-state index in [-0.39, 0.29) is 12.1 Å². The normalized spacial score (nSPS) is 9.29. The first kappa shape index (κ1) is 15.1. The van der Waals surface area contributed by atoms with Crippen molar-refractivity contribution in [2.45, 2.75) is 6.92 Å². The zero-order valence-electron chi connectivity index (χ0n) is 9.45. The van der Waals surface area contributed by atoms with Crippen LogP contribution in [0, 0.1) is 6.92 Å². The van der Waals surface area contributed by atoms with Gasteiger partial charge in [-0.2, -0.15) is 0 Å². The van der Waals surface area contributed by atoms with E-state index in [4.69, 9.17) is 10.8 Å². The molecule has 1 heterocycles. The summed E-state index contributed by atoms with van der Waals surface area (Å²) in [6.45, 7) is 2.66. The van der Waals surface area contributed by atoms with E-state index in [1.165, 1.54) is 6.20 Å². The van der Waals surface area contributed by atoms with Crippen molar-refractivity contribution in [3.05, 3.63) is 32.6 Å². The van der Waals surface area contributed by atoms with Gasteiger partial charge in [0.1, 0.15) is 0 Å². The third kappa shape index (κ3) is 7.94. The van der Waals surface area contributed by atoms with E-state index in [1.807, 2.05) is 0 Å². The van der Waals surface area contributed by atoms with Crippen molar-refractivity contribution < 1.29 is 9.90 Å². The molecule has 17 heavy (non-hydrogen) atoms. The van der Waals surface area contributed by atoms with Crippen LogP contribution in [-0.2, 0) is 4.79 Å². The van der Waals surface area contributed by atoms with Crippen LogP contribution in [0.15, 0.2) is 15.8 Å². The number of aryl methyl sites for hydroxylation is 1. The van der Waals surface area contributed by atoms with E-state index < -0.39 is 11.7 Å². The van der Waals surface area contributed by atoms with Crippen LogP contribution in [0.3, 0.4) is 0 Å².